The summed E-state index contributed by atoms with van der Waals surface area (Å²) in [6, 6.07) is 5.40. The van der Waals surface area contributed by atoms with E-state index in [0.717, 1.165) is 0 Å². The summed E-state index contributed by atoms with van der Waals surface area (Å²) in [4.78, 5) is 39.0. The predicted molar refractivity (Wildman–Crippen MR) is 124 cm³/mol. The summed E-state index contributed by atoms with van der Waals surface area (Å²) < 4.78 is 11.8. The van der Waals surface area contributed by atoms with Crippen LogP contribution in [0.3, 0.4) is 0 Å². The summed E-state index contributed by atoms with van der Waals surface area (Å²) >= 11 is 0. The standard InChI is InChI=1S/C26H27NO9/c1-10-21(29)15(27)7-17(35-10)36-16-9-26(34,11(2)28)8-14-18(16)25(33)20-19(24(14)32)22(30)12-5-3-4-6-13(12)23(20)31/h3-6,10,15-17,21,29,32-34H,7-9,27H2,1-2H3/t10-,15+,16+,17-,21+,26-/m0/s1. The summed E-state index contributed by atoms with van der Waals surface area (Å²) in [6.07, 6.45) is -4.38. The van der Waals surface area contributed by atoms with Crippen molar-refractivity contribution < 1.29 is 44.3 Å². The van der Waals surface area contributed by atoms with Crippen molar-refractivity contribution in [1.82, 2.24) is 0 Å². The zero-order valence-electron chi connectivity index (χ0n) is 19.7. The van der Waals surface area contributed by atoms with E-state index in [1.165, 1.54) is 19.1 Å². The molecule has 3 aliphatic rings. The number of ketones is 3. The number of carbonyl (C=O) groups is 3. The number of carbonyl (C=O) groups excluding carboxylic acids is 3. The van der Waals surface area contributed by atoms with Gasteiger partial charge in [-0.05, 0) is 13.8 Å². The van der Waals surface area contributed by atoms with Crippen molar-refractivity contribution in [2.75, 3.05) is 0 Å². The van der Waals surface area contributed by atoms with E-state index >= 15 is 0 Å². The molecule has 6 atom stereocenters. The largest absolute Gasteiger partial charge is 0.507 e. The summed E-state index contributed by atoms with van der Waals surface area (Å²) in [5.41, 5.74) is 3.38. The third-order valence-corrected chi connectivity index (χ3v) is 7.50. The first kappa shape index (κ1) is 24.5. The van der Waals surface area contributed by atoms with E-state index in [-0.39, 0.29) is 46.2 Å². The molecule has 0 radical (unpaired) electrons. The van der Waals surface area contributed by atoms with Gasteiger partial charge in [-0.3, -0.25) is 14.4 Å². The Kier molecular flexibility index (Phi) is 5.77. The number of hydrogen-bond acceptors (Lipinski definition) is 10. The van der Waals surface area contributed by atoms with Gasteiger partial charge < -0.3 is 35.6 Å². The van der Waals surface area contributed by atoms with E-state index in [2.05, 4.69) is 0 Å². The molecule has 1 aliphatic heterocycles. The summed E-state index contributed by atoms with van der Waals surface area (Å²) in [6.45, 7) is 2.80. The van der Waals surface area contributed by atoms with Crippen LogP contribution in [0.5, 0.6) is 11.5 Å². The van der Waals surface area contributed by atoms with Gasteiger partial charge in [-0.1, -0.05) is 24.3 Å². The number of Topliss-reactive ketones (excluding diaryl/α,β-unsaturated/α-hetero) is 1. The number of fused-ring (bicyclic) bond motifs is 3. The number of ether oxygens (including phenoxy) is 2. The maximum atomic E-state index is 13.3. The zero-order valence-corrected chi connectivity index (χ0v) is 19.7. The van der Waals surface area contributed by atoms with E-state index in [0.29, 0.717) is 0 Å². The second-order valence-corrected chi connectivity index (χ2v) is 9.80. The highest BCUT2D eigenvalue weighted by Gasteiger charge is 2.49. The van der Waals surface area contributed by atoms with Crippen molar-refractivity contribution in [3.05, 3.63) is 57.6 Å². The average molecular weight is 498 g/mol. The van der Waals surface area contributed by atoms with Crippen LogP contribution in [0.4, 0.5) is 0 Å². The molecular weight excluding hydrogens is 470 g/mol. The minimum absolute atomic E-state index is 0.00588. The lowest BCUT2D eigenvalue weighted by Gasteiger charge is -2.42. The van der Waals surface area contributed by atoms with Gasteiger partial charge >= 0.3 is 0 Å². The summed E-state index contributed by atoms with van der Waals surface area (Å²) in [7, 11) is 0. The number of rotatable bonds is 3. The van der Waals surface area contributed by atoms with Crippen LogP contribution in [0.25, 0.3) is 0 Å². The molecule has 0 bridgehead atoms. The molecule has 0 spiro atoms. The van der Waals surface area contributed by atoms with E-state index in [9.17, 15) is 34.8 Å². The molecule has 2 aromatic rings. The fraction of sp³-hybridized carbons (Fsp3) is 0.423. The highest BCUT2D eigenvalue weighted by molar-refractivity contribution is 6.30. The van der Waals surface area contributed by atoms with Crippen LogP contribution < -0.4 is 5.73 Å². The Bertz CT molecular complexity index is 1290. The van der Waals surface area contributed by atoms with Crippen LogP contribution in [0.1, 0.15) is 75.8 Å². The van der Waals surface area contributed by atoms with Crippen molar-refractivity contribution in [2.45, 2.75) is 69.4 Å². The van der Waals surface area contributed by atoms with E-state index in [1.807, 2.05) is 0 Å². The number of hydrogen-bond donors (Lipinski definition) is 5. The number of aliphatic hydroxyl groups excluding tert-OH is 1. The topological polar surface area (TPSA) is 177 Å². The molecule has 5 rings (SSSR count). The lowest BCUT2D eigenvalue weighted by atomic mass is 9.72. The molecule has 1 saturated heterocycles. The number of nitrogens with two attached hydrogens (primary N) is 1. The number of phenols is 2. The molecule has 10 nitrogen and oxygen atoms in total. The van der Waals surface area contributed by atoms with Gasteiger partial charge in [0.05, 0.1) is 29.4 Å². The van der Waals surface area contributed by atoms with Crippen LogP contribution in [0.2, 0.25) is 0 Å². The lowest BCUT2D eigenvalue weighted by Crippen LogP contribution is -2.52. The Morgan fingerprint density at radius 3 is 2.25 bits per heavy atom. The molecule has 10 heteroatoms. The Labute approximate surface area is 206 Å². The molecule has 0 unspecified atom stereocenters. The molecule has 0 saturated carbocycles. The third-order valence-electron chi connectivity index (χ3n) is 7.50. The molecule has 1 fully saturated rings. The second-order valence-electron chi connectivity index (χ2n) is 9.80. The average Bonchev–Trinajstić information content (AvgIpc) is 2.82. The third kappa shape index (κ3) is 3.56. The van der Waals surface area contributed by atoms with Crippen LogP contribution >= 0.6 is 0 Å². The lowest BCUT2D eigenvalue weighted by molar-refractivity contribution is -0.247. The van der Waals surface area contributed by atoms with Crippen molar-refractivity contribution in [3.8, 4) is 11.5 Å². The number of benzene rings is 2. The van der Waals surface area contributed by atoms with Gasteiger partial charge in [-0.2, -0.15) is 0 Å². The monoisotopic (exact) mass is 497 g/mol. The SMILES string of the molecule is CC(=O)[C@]1(O)Cc2c(O)c3c(c(O)c2[C@H](O[C@H]2C[C@@H](N)[C@H](O)[C@H](C)O2)C1)C(=O)c1ccccc1C3=O. The van der Waals surface area contributed by atoms with Gasteiger partial charge in [0.15, 0.2) is 23.6 Å². The van der Waals surface area contributed by atoms with Crippen LogP contribution in [-0.4, -0.2) is 67.9 Å². The van der Waals surface area contributed by atoms with Gasteiger partial charge in [0.2, 0.25) is 0 Å². The molecular formula is C26H27NO9. The predicted octanol–water partition coefficient (Wildman–Crippen LogP) is 1.02. The maximum absolute atomic E-state index is 13.3. The molecule has 2 aromatic carbocycles. The second kappa shape index (κ2) is 8.46. The Balaban J connectivity index is 1.66. The van der Waals surface area contributed by atoms with Crippen molar-refractivity contribution in [2.24, 2.45) is 5.73 Å². The Hall–Kier alpha value is -3.15. The number of aliphatic hydroxyl groups is 2. The minimum Gasteiger partial charge on any atom is -0.507 e. The zero-order chi connectivity index (χ0) is 26.1. The number of aromatic hydroxyl groups is 2. The molecule has 36 heavy (non-hydrogen) atoms. The van der Waals surface area contributed by atoms with Crippen molar-refractivity contribution in [1.29, 1.82) is 0 Å². The fourth-order valence-corrected chi connectivity index (χ4v) is 5.42. The first-order valence-electron chi connectivity index (χ1n) is 11.7. The highest BCUT2D eigenvalue weighted by atomic mass is 16.7. The minimum atomic E-state index is -1.97. The highest BCUT2D eigenvalue weighted by Crippen LogP contribution is 2.51. The quantitative estimate of drug-likeness (QED) is 0.328. The summed E-state index contributed by atoms with van der Waals surface area (Å²) in [5, 5.41) is 43.8. The Morgan fingerprint density at radius 1 is 1.11 bits per heavy atom. The molecule has 1 heterocycles. The summed E-state index contributed by atoms with van der Waals surface area (Å²) in [5.74, 6) is -3.06. The van der Waals surface area contributed by atoms with Gasteiger partial charge in [-0.25, -0.2) is 0 Å². The van der Waals surface area contributed by atoms with Gasteiger partial charge in [0.1, 0.15) is 17.1 Å². The van der Waals surface area contributed by atoms with Crippen molar-refractivity contribution in [3.63, 3.8) is 0 Å². The van der Waals surface area contributed by atoms with Crippen LogP contribution in [-0.2, 0) is 20.7 Å². The smallest absolute Gasteiger partial charge is 0.198 e. The molecule has 0 amide bonds. The fourth-order valence-electron chi connectivity index (χ4n) is 5.42. The first-order valence-corrected chi connectivity index (χ1v) is 11.7. The number of phenolic OH excluding ortho intramolecular Hbond substituents is 2. The van der Waals surface area contributed by atoms with Crippen molar-refractivity contribution >= 4 is 17.3 Å². The first-order chi connectivity index (χ1) is 16.9. The molecule has 2 aliphatic carbocycles. The van der Waals surface area contributed by atoms with Crippen LogP contribution in [0, 0.1) is 0 Å². The van der Waals surface area contributed by atoms with E-state index < -0.39 is 71.5 Å². The van der Waals surface area contributed by atoms with Crippen LogP contribution in [0.15, 0.2) is 24.3 Å². The molecule has 190 valence electrons. The van der Waals surface area contributed by atoms with E-state index in [4.69, 9.17) is 15.2 Å². The van der Waals surface area contributed by atoms with Gasteiger partial charge in [-0.15, -0.1) is 0 Å². The maximum Gasteiger partial charge on any atom is 0.198 e. The molecule has 6 N–H and O–H groups in total. The van der Waals surface area contributed by atoms with Gasteiger partial charge in [0.25, 0.3) is 0 Å². The normalized spacial score (nSPS) is 31.4. The molecule has 0 aromatic heterocycles. The van der Waals surface area contributed by atoms with Gasteiger partial charge in [0, 0.05) is 47.6 Å². The Morgan fingerprint density at radius 2 is 1.69 bits per heavy atom. The van der Waals surface area contributed by atoms with E-state index in [1.54, 1.807) is 19.1 Å².